The van der Waals surface area contributed by atoms with Gasteiger partial charge in [0.1, 0.15) is 0 Å². The second-order valence-corrected chi connectivity index (χ2v) is 2.71. The predicted molar refractivity (Wildman–Crippen MR) is 70.9 cm³/mol. The van der Waals surface area contributed by atoms with Crippen LogP contribution < -0.4 is 11.5 Å². The molecule has 0 rings (SSSR count). The lowest BCUT2D eigenvalue weighted by Gasteiger charge is -1.89. The van der Waals surface area contributed by atoms with Gasteiger partial charge in [0.2, 0.25) is 0 Å². The number of nitrogens with two attached hydrogens (primary N) is 2. The molecule has 0 radical (unpaired) electrons. The Morgan fingerprint density at radius 1 is 0.750 bits per heavy atom. The van der Waals surface area contributed by atoms with Crippen molar-refractivity contribution in [1.82, 2.24) is 0 Å². The third-order valence-corrected chi connectivity index (χ3v) is 1.52. The Balaban J connectivity index is 4.68. The number of rotatable bonds is 6. The molecule has 0 aromatic heterocycles. The van der Waals surface area contributed by atoms with Crippen molar-refractivity contribution >= 4 is 6.21 Å². The molecule has 16 heavy (non-hydrogen) atoms. The summed E-state index contributed by atoms with van der Waals surface area (Å²) in [6.07, 6.45) is 20.4. The molecule has 3 heteroatoms. The third-order valence-electron chi connectivity index (χ3n) is 1.52. The number of nitrogens with one attached hydrogen (secondary N) is 1. The monoisotopic (exact) mass is 215 g/mol. The SMILES string of the molecule is N=C/C=C/C=C(/C=C/C=C/N)/C=C/C=C/N. The summed E-state index contributed by atoms with van der Waals surface area (Å²) in [6.45, 7) is 0. The van der Waals surface area contributed by atoms with E-state index in [1.165, 1.54) is 18.6 Å². The molecule has 0 saturated carbocycles. The van der Waals surface area contributed by atoms with Crippen molar-refractivity contribution in [3.8, 4) is 0 Å². The minimum Gasteiger partial charge on any atom is -0.405 e. The van der Waals surface area contributed by atoms with E-state index < -0.39 is 0 Å². The van der Waals surface area contributed by atoms with E-state index in [0.717, 1.165) is 5.57 Å². The second kappa shape index (κ2) is 10.8. The average Bonchev–Trinajstić information content (AvgIpc) is 2.29. The molecule has 0 fully saturated rings. The highest BCUT2D eigenvalue weighted by atomic mass is 14.5. The molecule has 0 heterocycles. The van der Waals surface area contributed by atoms with Crippen molar-refractivity contribution in [2.75, 3.05) is 0 Å². The zero-order valence-corrected chi connectivity index (χ0v) is 9.08. The molecule has 3 nitrogen and oxygen atoms in total. The summed E-state index contributed by atoms with van der Waals surface area (Å²) in [4.78, 5) is 0. The van der Waals surface area contributed by atoms with Crippen LogP contribution >= 0.6 is 0 Å². The van der Waals surface area contributed by atoms with Gasteiger partial charge >= 0.3 is 0 Å². The van der Waals surface area contributed by atoms with Crippen LogP contribution in [0.2, 0.25) is 0 Å². The fourth-order valence-electron chi connectivity index (χ4n) is 0.851. The first-order chi connectivity index (χ1) is 7.85. The second-order valence-electron chi connectivity index (χ2n) is 2.71. The summed E-state index contributed by atoms with van der Waals surface area (Å²) in [6, 6.07) is 0. The maximum Gasteiger partial charge on any atom is 0.0177 e. The minimum absolute atomic E-state index is 0.981. The van der Waals surface area contributed by atoms with Gasteiger partial charge in [0.15, 0.2) is 0 Å². The first-order valence-electron chi connectivity index (χ1n) is 4.82. The first-order valence-corrected chi connectivity index (χ1v) is 4.82. The lowest BCUT2D eigenvalue weighted by atomic mass is 10.2. The van der Waals surface area contributed by atoms with Gasteiger partial charge in [0.05, 0.1) is 0 Å². The standard InChI is InChI=1S/C13H17N3/c14-10-4-1-7-13(8-2-5-11-15)9-3-6-12-16/h1-12,14H,15-16H2/b4-1+,8-2+,9-3+,11-5+,12-6+,14-10?. The summed E-state index contributed by atoms with van der Waals surface area (Å²) in [7, 11) is 0. The van der Waals surface area contributed by atoms with Gasteiger partial charge in [-0.2, -0.15) is 0 Å². The van der Waals surface area contributed by atoms with E-state index in [9.17, 15) is 0 Å². The van der Waals surface area contributed by atoms with Crippen molar-refractivity contribution < 1.29 is 0 Å². The van der Waals surface area contributed by atoms with Gasteiger partial charge < -0.3 is 16.9 Å². The third kappa shape index (κ3) is 8.31. The molecule has 0 aliphatic rings. The molecular weight excluding hydrogens is 198 g/mol. The smallest absolute Gasteiger partial charge is 0.0177 e. The molecule has 0 aliphatic carbocycles. The number of hydrogen-bond acceptors (Lipinski definition) is 3. The van der Waals surface area contributed by atoms with E-state index in [2.05, 4.69) is 0 Å². The van der Waals surface area contributed by atoms with Crippen LogP contribution in [0.1, 0.15) is 0 Å². The summed E-state index contributed by atoms with van der Waals surface area (Å²) in [5, 5.41) is 6.85. The van der Waals surface area contributed by atoms with Crippen LogP contribution in [0, 0.1) is 5.41 Å². The molecule has 0 aromatic carbocycles. The van der Waals surface area contributed by atoms with E-state index >= 15 is 0 Å². The summed E-state index contributed by atoms with van der Waals surface area (Å²) < 4.78 is 0. The largest absolute Gasteiger partial charge is 0.405 e. The Morgan fingerprint density at radius 2 is 1.31 bits per heavy atom. The van der Waals surface area contributed by atoms with Gasteiger partial charge in [-0.1, -0.05) is 36.5 Å². The molecular formula is C13H17N3. The Labute approximate surface area is 96.3 Å². The zero-order chi connectivity index (χ0) is 12.1. The molecule has 0 aromatic rings. The van der Waals surface area contributed by atoms with Crippen LogP contribution in [0.5, 0.6) is 0 Å². The molecule has 0 unspecified atom stereocenters. The highest BCUT2D eigenvalue weighted by molar-refractivity contribution is 5.68. The molecule has 5 N–H and O–H groups in total. The van der Waals surface area contributed by atoms with Gasteiger partial charge in [-0.3, -0.25) is 0 Å². The Morgan fingerprint density at radius 3 is 1.75 bits per heavy atom. The molecule has 0 bridgehead atoms. The van der Waals surface area contributed by atoms with Crippen molar-refractivity contribution in [2.45, 2.75) is 0 Å². The maximum atomic E-state index is 6.85. The number of hydrogen-bond donors (Lipinski definition) is 3. The molecule has 0 aliphatic heterocycles. The average molecular weight is 215 g/mol. The van der Waals surface area contributed by atoms with Crippen LogP contribution in [0.15, 0.2) is 72.7 Å². The molecule has 0 atom stereocenters. The first kappa shape index (κ1) is 13.7. The normalized spacial score (nSPS) is 12.5. The highest BCUT2D eigenvalue weighted by Crippen LogP contribution is 2.00. The Kier molecular flexibility index (Phi) is 9.24. The summed E-state index contributed by atoms with van der Waals surface area (Å²) in [5.41, 5.74) is 11.4. The summed E-state index contributed by atoms with van der Waals surface area (Å²) in [5.74, 6) is 0. The van der Waals surface area contributed by atoms with Gasteiger partial charge in [0.25, 0.3) is 0 Å². The van der Waals surface area contributed by atoms with Crippen molar-refractivity contribution in [1.29, 1.82) is 5.41 Å². The fourth-order valence-corrected chi connectivity index (χ4v) is 0.851. The minimum atomic E-state index is 0.981. The summed E-state index contributed by atoms with van der Waals surface area (Å²) >= 11 is 0. The van der Waals surface area contributed by atoms with E-state index in [1.807, 2.05) is 30.4 Å². The van der Waals surface area contributed by atoms with Crippen LogP contribution in [0.4, 0.5) is 0 Å². The van der Waals surface area contributed by atoms with Gasteiger partial charge in [-0.15, -0.1) is 0 Å². The predicted octanol–water partition coefficient (Wildman–Crippen LogP) is 2.18. The quantitative estimate of drug-likeness (QED) is 0.469. The van der Waals surface area contributed by atoms with E-state index in [-0.39, 0.29) is 0 Å². The topological polar surface area (TPSA) is 75.9 Å². The van der Waals surface area contributed by atoms with Crippen LogP contribution in [-0.2, 0) is 0 Å². The molecule has 0 spiro atoms. The van der Waals surface area contributed by atoms with Crippen molar-refractivity contribution in [3.05, 3.63) is 72.7 Å². The Hall–Kier alpha value is -2.29. The van der Waals surface area contributed by atoms with Crippen LogP contribution in [-0.4, -0.2) is 6.21 Å². The molecule has 84 valence electrons. The molecule has 0 amide bonds. The van der Waals surface area contributed by atoms with Gasteiger partial charge in [0, 0.05) is 6.21 Å². The van der Waals surface area contributed by atoms with E-state index in [4.69, 9.17) is 16.9 Å². The lowest BCUT2D eigenvalue weighted by Crippen LogP contribution is -1.75. The van der Waals surface area contributed by atoms with Gasteiger partial charge in [-0.25, -0.2) is 0 Å². The van der Waals surface area contributed by atoms with E-state index in [1.54, 1.807) is 24.3 Å². The maximum absolute atomic E-state index is 6.85. The Bertz CT molecular complexity index is 331. The van der Waals surface area contributed by atoms with Crippen molar-refractivity contribution in [3.63, 3.8) is 0 Å². The fraction of sp³-hybridized carbons (Fsp3) is 0. The van der Waals surface area contributed by atoms with Crippen LogP contribution in [0.25, 0.3) is 0 Å². The molecule has 0 saturated heterocycles. The lowest BCUT2D eigenvalue weighted by molar-refractivity contribution is 1.57. The zero-order valence-electron chi connectivity index (χ0n) is 9.08. The van der Waals surface area contributed by atoms with E-state index in [0.29, 0.717) is 0 Å². The van der Waals surface area contributed by atoms with Gasteiger partial charge in [-0.05, 0) is 36.2 Å². The highest BCUT2D eigenvalue weighted by Gasteiger charge is 1.81. The van der Waals surface area contributed by atoms with Crippen LogP contribution in [0.3, 0.4) is 0 Å². The number of allylic oxidation sites excluding steroid dienone is 10. The van der Waals surface area contributed by atoms with Crippen molar-refractivity contribution in [2.24, 2.45) is 11.5 Å².